The van der Waals surface area contributed by atoms with Crippen LogP contribution in [0, 0.1) is 17.3 Å². The monoisotopic (exact) mass is 269 g/mol. The van der Waals surface area contributed by atoms with Gasteiger partial charge in [0.2, 0.25) is 0 Å². The van der Waals surface area contributed by atoms with E-state index in [2.05, 4.69) is 12.2 Å². The Morgan fingerprint density at radius 1 is 1.17 bits per heavy atom. The fourth-order valence-corrected chi connectivity index (χ4v) is 6.06. The Labute approximate surface area is 115 Å². The highest BCUT2D eigenvalue weighted by molar-refractivity contribution is 7.99. The molecule has 18 heavy (non-hydrogen) atoms. The zero-order valence-corrected chi connectivity index (χ0v) is 12.4. The van der Waals surface area contributed by atoms with Crippen molar-refractivity contribution in [3.8, 4) is 0 Å². The molecule has 104 valence electrons. The zero-order valence-electron chi connectivity index (χ0n) is 11.6. The van der Waals surface area contributed by atoms with E-state index in [0.717, 1.165) is 29.9 Å². The highest BCUT2D eigenvalue weighted by Crippen LogP contribution is 2.61. The maximum absolute atomic E-state index is 8.79. The summed E-state index contributed by atoms with van der Waals surface area (Å²) >= 11 is 1.87. The summed E-state index contributed by atoms with van der Waals surface area (Å²) in [7, 11) is 0. The first kappa shape index (κ1) is 13.3. The maximum Gasteiger partial charge on any atom is 0.0521 e. The minimum absolute atomic E-state index is 0.317. The van der Waals surface area contributed by atoms with Crippen molar-refractivity contribution in [1.29, 1.82) is 0 Å². The first-order chi connectivity index (χ1) is 8.63. The smallest absolute Gasteiger partial charge is 0.0521 e. The number of aliphatic hydroxyl groups is 1. The predicted octanol–water partition coefficient (Wildman–Crippen LogP) is 2.66. The van der Waals surface area contributed by atoms with Crippen LogP contribution < -0.4 is 5.32 Å². The van der Waals surface area contributed by atoms with Crippen molar-refractivity contribution >= 4 is 11.8 Å². The normalized spacial score (nSPS) is 45.7. The van der Waals surface area contributed by atoms with Crippen LogP contribution in [-0.2, 0) is 0 Å². The minimum Gasteiger partial charge on any atom is -0.396 e. The lowest BCUT2D eigenvalue weighted by molar-refractivity contribution is -0.0711. The van der Waals surface area contributed by atoms with Crippen LogP contribution in [0.4, 0.5) is 0 Å². The quantitative estimate of drug-likeness (QED) is 0.727. The Morgan fingerprint density at radius 2 is 1.89 bits per heavy atom. The average molecular weight is 269 g/mol. The Kier molecular flexibility index (Phi) is 3.68. The standard InChI is InChI=1S/C15H27NOS/c1-14-7-12-6-13(8-14)10-15(9-12,11-14)16-2-4-18-5-3-17/h12-13,16-17H,2-11H2,1H3. The van der Waals surface area contributed by atoms with Crippen molar-refractivity contribution in [2.45, 2.75) is 51.0 Å². The summed E-state index contributed by atoms with van der Waals surface area (Å²) < 4.78 is 0. The van der Waals surface area contributed by atoms with Gasteiger partial charge in [0.05, 0.1) is 6.61 Å². The van der Waals surface area contributed by atoms with Gasteiger partial charge in [0, 0.05) is 23.6 Å². The molecule has 2 N–H and O–H groups in total. The van der Waals surface area contributed by atoms with E-state index in [0.29, 0.717) is 17.6 Å². The third-order valence-corrected chi connectivity index (χ3v) is 6.30. The Morgan fingerprint density at radius 3 is 2.50 bits per heavy atom. The van der Waals surface area contributed by atoms with E-state index in [9.17, 15) is 0 Å². The molecule has 2 unspecified atom stereocenters. The summed E-state index contributed by atoms with van der Waals surface area (Å²) in [4.78, 5) is 0. The van der Waals surface area contributed by atoms with Gasteiger partial charge in [-0.25, -0.2) is 0 Å². The SMILES string of the molecule is CC12CC3CC(C1)CC(NCCSCCO)(C3)C2. The van der Waals surface area contributed by atoms with Gasteiger partial charge < -0.3 is 10.4 Å². The summed E-state index contributed by atoms with van der Waals surface area (Å²) in [6.45, 7) is 3.97. The molecule has 0 heterocycles. The van der Waals surface area contributed by atoms with Crippen LogP contribution in [0.15, 0.2) is 0 Å². The van der Waals surface area contributed by atoms with E-state index in [1.807, 2.05) is 11.8 Å². The van der Waals surface area contributed by atoms with Crippen LogP contribution in [0.5, 0.6) is 0 Å². The summed E-state index contributed by atoms with van der Waals surface area (Å²) in [6.07, 6.45) is 8.78. The molecule has 4 rings (SSSR count). The van der Waals surface area contributed by atoms with Crippen molar-refractivity contribution in [3.63, 3.8) is 0 Å². The van der Waals surface area contributed by atoms with Gasteiger partial charge in [-0.1, -0.05) is 6.92 Å². The van der Waals surface area contributed by atoms with Crippen LogP contribution in [0.25, 0.3) is 0 Å². The second kappa shape index (κ2) is 4.99. The zero-order chi connectivity index (χ0) is 12.6. The van der Waals surface area contributed by atoms with E-state index in [-0.39, 0.29) is 0 Å². The molecule has 0 radical (unpaired) electrons. The lowest BCUT2D eigenvalue weighted by atomic mass is 9.47. The first-order valence-corrected chi connectivity index (χ1v) is 8.72. The van der Waals surface area contributed by atoms with Crippen LogP contribution in [0.1, 0.15) is 45.4 Å². The van der Waals surface area contributed by atoms with Gasteiger partial charge in [-0.3, -0.25) is 0 Å². The molecule has 4 fully saturated rings. The third-order valence-electron chi connectivity index (χ3n) is 5.34. The molecule has 0 aromatic rings. The Bertz CT molecular complexity index is 293. The fourth-order valence-electron chi connectivity index (χ4n) is 5.48. The third kappa shape index (κ3) is 2.59. The van der Waals surface area contributed by atoms with Crippen molar-refractivity contribution in [3.05, 3.63) is 0 Å². The molecule has 4 saturated carbocycles. The molecule has 2 nitrogen and oxygen atoms in total. The second-order valence-electron chi connectivity index (χ2n) is 7.31. The first-order valence-electron chi connectivity index (χ1n) is 7.57. The van der Waals surface area contributed by atoms with Gasteiger partial charge in [0.15, 0.2) is 0 Å². The largest absolute Gasteiger partial charge is 0.396 e. The number of aliphatic hydroxyl groups excluding tert-OH is 1. The molecule has 0 aliphatic heterocycles. The molecule has 2 atom stereocenters. The molecular formula is C15H27NOS. The van der Waals surface area contributed by atoms with Crippen LogP contribution in [0.2, 0.25) is 0 Å². The number of hydrogen-bond donors (Lipinski definition) is 2. The molecule has 0 aromatic carbocycles. The van der Waals surface area contributed by atoms with Crippen LogP contribution in [-0.4, -0.2) is 35.3 Å². The van der Waals surface area contributed by atoms with E-state index >= 15 is 0 Å². The Hall–Kier alpha value is 0.270. The van der Waals surface area contributed by atoms with Gasteiger partial charge in [0.1, 0.15) is 0 Å². The van der Waals surface area contributed by atoms with E-state index < -0.39 is 0 Å². The fraction of sp³-hybridized carbons (Fsp3) is 1.00. The molecule has 4 aliphatic rings. The molecule has 0 saturated heterocycles. The maximum atomic E-state index is 8.79. The van der Waals surface area contributed by atoms with Crippen molar-refractivity contribution in [2.75, 3.05) is 24.7 Å². The Balaban J connectivity index is 1.55. The molecule has 4 aliphatic carbocycles. The van der Waals surface area contributed by atoms with Gasteiger partial charge in [-0.2, -0.15) is 11.8 Å². The van der Waals surface area contributed by atoms with Crippen LogP contribution >= 0.6 is 11.8 Å². The van der Waals surface area contributed by atoms with Gasteiger partial charge >= 0.3 is 0 Å². The van der Waals surface area contributed by atoms with E-state index in [1.165, 1.54) is 38.5 Å². The second-order valence-corrected chi connectivity index (χ2v) is 8.54. The molecular weight excluding hydrogens is 242 g/mol. The average Bonchev–Trinajstić information content (AvgIpc) is 2.25. The van der Waals surface area contributed by atoms with Gasteiger partial charge in [0.25, 0.3) is 0 Å². The topological polar surface area (TPSA) is 32.3 Å². The van der Waals surface area contributed by atoms with Crippen LogP contribution in [0.3, 0.4) is 0 Å². The molecule has 4 bridgehead atoms. The minimum atomic E-state index is 0.317. The highest BCUT2D eigenvalue weighted by atomic mass is 32.2. The number of nitrogens with one attached hydrogen (secondary N) is 1. The molecule has 0 spiro atoms. The predicted molar refractivity (Wildman–Crippen MR) is 77.9 cm³/mol. The van der Waals surface area contributed by atoms with Gasteiger partial charge in [-0.05, 0) is 55.8 Å². The summed E-state index contributed by atoms with van der Waals surface area (Å²) in [5.74, 6) is 4.05. The molecule has 0 amide bonds. The highest BCUT2D eigenvalue weighted by Gasteiger charge is 2.55. The molecule has 3 heteroatoms. The summed E-state index contributed by atoms with van der Waals surface area (Å²) in [6, 6.07) is 0. The van der Waals surface area contributed by atoms with E-state index in [4.69, 9.17) is 5.11 Å². The number of thioether (sulfide) groups is 1. The summed E-state index contributed by atoms with van der Waals surface area (Å²) in [5.41, 5.74) is 1.13. The van der Waals surface area contributed by atoms with Crippen molar-refractivity contribution in [2.24, 2.45) is 17.3 Å². The van der Waals surface area contributed by atoms with E-state index in [1.54, 1.807) is 0 Å². The van der Waals surface area contributed by atoms with Crippen molar-refractivity contribution < 1.29 is 5.11 Å². The lowest BCUT2D eigenvalue weighted by Gasteiger charge is -2.61. The molecule has 0 aromatic heterocycles. The van der Waals surface area contributed by atoms with Crippen molar-refractivity contribution in [1.82, 2.24) is 5.32 Å². The lowest BCUT2D eigenvalue weighted by Crippen LogP contribution is -2.61. The number of hydrogen-bond acceptors (Lipinski definition) is 3. The van der Waals surface area contributed by atoms with Gasteiger partial charge in [-0.15, -0.1) is 0 Å². The summed E-state index contributed by atoms with van der Waals surface area (Å²) in [5, 5.41) is 12.7. The number of rotatable bonds is 6.